The Morgan fingerprint density at radius 1 is 0.794 bits per heavy atom. The number of tetrazole rings is 1. The zero-order valence-corrected chi connectivity index (χ0v) is 18.3. The Labute approximate surface area is 195 Å². The molecule has 0 aliphatic carbocycles. The second-order valence-electron chi connectivity index (χ2n) is 8.26. The fourth-order valence-electron chi connectivity index (χ4n) is 4.30. The molecule has 0 bridgehead atoms. The molecule has 1 atom stereocenters. The Bertz CT molecular complexity index is 1280. The lowest BCUT2D eigenvalue weighted by atomic mass is 9.96. The van der Waals surface area contributed by atoms with Crippen molar-refractivity contribution in [3.63, 3.8) is 0 Å². The molecule has 0 radical (unpaired) electrons. The third kappa shape index (κ3) is 4.77. The maximum absolute atomic E-state index is 13.7. The minimum Gasteiger partial charge on any atom is -0.286 e. The van der Waals surface area contributed by atoms with Crippen LogP contribution in [0.2, 0.25) is 0 Å². The summed E-state index contributed by atoms with van der Waals surface area (Å²) in [4.78, 5) is 2.23. The minimum atomic E-state index is -0.314. The molecule has 0 spiro atoms. The maximum Gasteiger partial charge on any atom is 0.173 e. The van der Waals surface area contributed by atoms with E-state index in [1.54, 1.807) is 41.1 Å². The Balaban J connectivity index is 1.46. The zero-order chi connectivity index (χ0) is 23.5. The van der Waals surface area contributed by atoms with Gasteiger partial charge in [0.1, 0.15) is 17.5 Å². The first kappa shape index (κ1) is 22.0. The lowest BCUT2D eigenvalue weighted by Crippen LogP contribution is -2.35. The molecule has 5 nitrogen and oxygen atoms in total. The van der Waals surface area contributed by atoms with Crippen molar-refractivity contribution in [1.82, 2.24) is 25.1 Å². The summed E-state index contributed by atoms with van der Waals surface area (Å²) in [6.07, 6.45) is 2.89. The average molecular weight is 461 g/mol. The lowest BCUT2D eigenvalue weighted by Gasteiger charge is -2.33. The number of rotatable bonds is 6. The number of aromatic nitrogens is 4. The Morgan fingerprint density at radius 2 is 1.41 bits per heavy atom. The SMILES string of the molecule is Fc1ccc(Cn2nnnc2[C@@H](c2ccc(F)cc2)N2CC=C(c3ccc(F)cc3)CC2)cc1. The van der Waals surface area contributed by atoms with Crippen molar-refractivity contribution in [3.8, 4) is 0 Å². The summed E-state index contributed by atoms with van der Waals surface area (Å²) in [7, 11) is 0. The molecule has 1 aromatic heterocycles. The van der Waals surface area contributed by atoms with Gasteiger partial charge in [0, 0.05) is 13.1 Å². The molecule has 1 aliphatic heterocycles. The molecule has 4 aromatic rings. The summed E-state index contributed by atoms with van der Waals surface area (Å²) in [5, 5.41) is 12.4. The van der Waals surface area contributed by atoms with Crippen LogP contribution >= 0.6 is 0 Å². The van der Waals surface area contributed by atoms with Gasteiger partial charge in [-0.3, -0.25) is 4.90 Å². The normalized spacial score (nSPS) is 15.2. The molecule has 0 N–H and O–H groups in total. The standard InChI is InChI=1S/C26H22F3N5/c27-22-7-1-18(2-8-22)17-34-26(30-31-32-34)25(21-5-11-24(29)12-6-21)33-15-13-20(14-16-33)19-3-9-23(28)10-4-19/h1-13,25H,14-17H2/t25-/m1/s1. The highest BCUT2D eigenvalue weighted by molar-refractivity contribution is 5.66. The van der Waals surface area contributed by atoms with Gasteiger partial charge in [-0.05, 0) is 75.5 Å². The zero-order valence-electron chi connectivity index (χ0n) is 18.3. The van der Waals surface area contributed by atoms with E-state index in [-0.39, 0.29) is 23.5 Å². The van der Waals surface area contributed by atoms with Crippen molar-refractivity contribution < 1.29 is 13.2 Å². The van der Waals surface area contributed by atoms with Gasteiger partial charge in [-0.15, -0.1) is 5.10 Å². The van der Waals surface area contributed by atoms with Crippen molar-refractivity contribution >= 4 is 5.57 Å². The van der Waals surface area contributed by atoms with Crippen molar-refractivity contribution in [1.29, 1.82) is 0 Å². The van der Waals surface area contributed by atoms with Gasteiger partial charge in [0.2, 0.25) is 0 Å². The molecule has 0 saturated carbocycles. The maximum atomic E-state index is 13.7. The molecule has 2 heterocycles. The van der Waals surface area contributed by atoms with Gasteiger partial charge in [0.15, 0.2) is 5.82 Å². The van der Waals surface area contributed by atoms with E-state index in [0.717, 1.165) is 28.7 Å². The van der Waals surface area contributed by atoms with E-state index in [0.29, 0.717) is 25.5 Å². The average Bonchev–Trinajstić information content (AvgIpc) is 3.30. The van der Waals surface area contributed by atoms with Crippen LogP contribution in [-0.4, -0.2) is 38.2 Å². The second-order valence-corrected chi connectivity index (χ2v) is 8.26. The second kappa shape index (κ2) is 9.61. The fraction of sp³-hybridized carbons (Fsp3) is 0.192. The van der Waals surface area contributed by atoms with Crippen LogP contribution in [0, 0.1) is 17.5 Å². The third-order valence-corrected chi connectivity index (χ3v) is 6.06. The summed E-state index contributed by atoms with van der Waals surface area (Å²) in [6, 6.07) is 18.8. The summed E-state index contributed by atoms with van der Waals surface area (Å²) in [6.45, 7) is 1.72. The van der Waals surface area contributed by atoms with E-state index in [1.165, 1.54) is 36.4 Å². The number of nitrogens with zero attached hydrogens (tertiary/aromatic N) is 5. The number of hydrogen-bond donors (Lipinski definition) is 0. The molecule has 3 aromatic carbocycles. The summed E-state index contributed by atoms with van der Waals surface area (Å²) in [5.41, 5.74) is 3.89. The molecular weight excluding hydrogens is 439 g/mol. The number of hydrogen-bond acceptors (Lipinski definition) is 4. The van der Waals surface area contributed by atoms with Gasteiger partial charge in [-0.1, -0.05) is 42.5 Å². The lowest BCUT2D eigenvalue weighted by molar-refractivity contribution is 0.235. The van der Waals surface area contributed by atoms with Crippen molar-refractivity contribution in [2.75, 3.05) is 13.1 Å². The largest absolute Gasteiger partial charge is 0.286 e. The van der Waals surface area contributed by atoms with E-state index < -0.39 is 0 Å². The van der Waals surface area contributed by atoms with Gasteiger partial charge in [0.25, 0.3) is 0 Å². The van der Waals surface area contributed by atoms with Crippen LogP contribution in [0.25, 0.3) is 5.57 Å². The highest BCUT2D eigenvalue weighted by atomic mass is 19.1. The first-order valence-electron chi connectivity index (χ1n) is 11.0. The molecule has 0 amide bonds. The summed E-state index contributed by atoms with van der Waals surface area (Å²) >= 11 is 0. The Kier molecular flexibility index (Phi) is 6.22. The molecule has 5 rings (SSSR count). The monoisotopic (exact) mass is 461 g/mol. The Hall–Kier alpha value is -3.78. The van der Waals surface area contributed by atoms with Crippen molar-refractivity contribution in [3.05, 3.63) is 119 Å². The van der Waals surface area contributed by atoms with Gasteiger partial charge >= 0.3 is 0 Å². The molecule has 34 heavy (non-hydrogen) atoms. The highest BCUT2D eigenvalue weighted by Crippen LogP contribution is 2.32. The molecule has 0 unspecified atom stereocenters. The topological polar surface area (TPSA) is 46.8 Å². The molecule has 172 valence electrons. The van der Waals surface area contributed by atoms with Gasteiger partial charge < -0.3 is 0 Å². The first-order chi connectivity index (χ1) is 16.6. The smallest absolute Gasteiger partial charge is 0.173 e. The molecule has 1 aliphatic rings. The van der Waals surface area contributed by atoms with Gasteiger partial charge in [0.05, 0.1) is 12.6 Å². The van der Waals surface area contributed by atoms with E-state index in [1.807, 2.05) is 0 Å². The van der Waals surface area contributed by atoms with Crippen LogP contribution in [0.4, 0.5) is 13.2 Å². The molecule has 8 heteroatoms. The third-order valence-electron chi connectivity index (χ3n) is 6.06. The quantitative estimate of drug-likeness (QED) is 0.405. The van der Waals surface area contributed by atoms with E-state index in [4.69, 9.17) is 0 Å². The van der Waals surface area contributed by atoms with Crippen LogP contribution in [-0.2, 0) is 6.54 Å². The number of halogens is 3. The van der Waals surface area contributed by atoms with Crippen LogP contribution in [0.3, 0.4) is 0 Å². The van der Waals surface area contributed by atoms with Crippen LogP contribution in [0.1, 0.15) is 35.0 Å². The predicted molar refractivity (Wildman–Crippen MR) is 122 cm³/mol. The van der Waals surface area contributed by atoms with Crippen molar-refractivity contribution in [2.24, 2.45) is 0 Å². The minimum absolute atomic E-state index is 0.258. The Morgan fingerprint density at radius 3 is 2.03 bits per heavy atom. The van der Waals surface area contributed by atoms with Gasteiger partial charge in [-0.2, -0.15) is 0 Å². The van der Waals surface area contributed by atoms with Crippen molar-refractivity contribution in [2.45, 2.75) is 19.0 Å². The van der Waals surface area contributed by atoms with E-state index in [9.17, 15) is 13.2 Å². The number of benzene rings is 3. The van der Waals surface area contributed by atoms with Crippen LogP contribution in [0.15, 0.2) is 78.9 Å². The predicted octanol–water partition coefficient (Wildman–Crippen LogP) is 5.02. The molecule has 0 fully saturated rings. The molecular formula is C26H22F3N5. The highest BCUT2D eigenvalue weighted by Gasteiger charge is 2.29. The molecule has 0 saturated heterocycles. The van der Waals surface area contributed by atoms with Gasteiger partial charge in [-0.25, -0.2) is 17.9 Å². The van der Waals surface area contributed by atoms with Crippen LogP contribution in [0.5, 0.6) is 0 Å². The summed E-state index contributed by atoms with van der Waals surface area (Å²) < 4.78 is 42.0. The first-order valence-corrected chi connectivity index (χ1v) is 11.0. The van der Waals surface area contributed by atoms with Crippen LogP contribution < -0.4 is 0 Å². The van der Waals surface area contributed by atoms with E-state index >= 15 is 0 Å². The summed E-state index contributed by atoms with van der Waals surface area (Å²) in [5.74, 6) is -0.256. The fourth-order valence-corrected chi connectivity index (χ4v) is 4.30. The van der Waals surface area contributed by atoms with E-state index in [2.05, 4.69) is 26.5 Å².